The minimum absolute atomic E-state index is 0.361. The summed E-state index contributed by atoms with van der Waals surface area (Å²) in [7, 11) is 7.59. The molecule has 1 aliphatic heterocycles. The maximum atomic E-state index is 5.90. The molecule has 0 bridgehead atoms. The van der Waals surface area contributed by atoms with Crippen LogP contribution in [0.25, 0.3) is 0 Å². The van der Waals surface area contributed by atoms with E-state index in [0.29, 0.717) is 12.1 Å². The number of pyridine rings is 1. The van der Waals surface area contributed by atoms with E-state index in [9.17, 15) is 0 Å². The third kappa shape index (κ3) is 3.02. The van der Waals surface area contributed by atoms with Gasteiger partial charge in [-0.2, -0.15) is 0 Å². The Morgan fingerprint density at radius 1 is 1.27 bits per heavy atom. The van der Waals surface area contributed by atoms with Crippen molar-refractivity contribution in [2.45, 2.75) is 31.8 Å². The molecule has 4 heteroatoms. The number of hydrogen-bond acceptors (Lipinski definition) is 3. The van der Waals surface area contributed by atoms with Gasteiger partial charge in [-0.15, -0.1) is 0 Å². The van der Waals surface area contributed by atoms with Gasteiger partial charge in [0.2, 0.25) is 0 Å². The van der Waals surface area contributed by atoms with Crippen LogP contribution in [0.2, 0.25) is 0 Å². The fraction of sp³-hybridized carbons (Fsp3) is 0.389. The summed E-state index contributed by atoms with van der Waals surface area (Å²) in [4.78, 5) is 6.79. The first-order valence-electron chi connectivity index (χ1n) is 7.79. The van der Waals surface area contributed by atoms with Crippen molar-refractivity contribution in [1.82, 2.24) is 9.88 Å². The van der Waals surface area contributed by atoms with Crippen molar-refractivity contribution in [3.63, 3.8) is 0 Å². The van der Waals surface area contributed by atoms with Crippen LogP contribution in [0.3, 0.4) is 0 Å². The van der Waals surface area contributed by atoms with Gasteiger partial charge in [0.15, 0.2) is 0 Å². The Labute approximate surface area is 133 Å². The summed E-state index contributed by atoms with van der Waals surface area (Å²) in [6.45, 7) is 3.37. The van der Waals surface area contributed by atoms with E-state index in [1.54, 1.807) is 13.3 Å². The normalized spacial score (nSPS) is 20.0. The van der Waals surface area contributed by atoms with E-state index >= 15 is 0 Å². The fourth-order valence-corrected chi connectivity index (χ4v) is 3.34. The molecular weight excluding hydrogens is 271 g/mol. The van der Waals surface area contributed by atoms with Gasteiger partial charge in [-0.25, -0.2) is 0 Å². The van der Waals surface area contributed by atoms with Gasteiger partial charge < -0.3 is 4.74 Å². The van der Waals surface area contributed by atoms with Crippen LogP contribution >= 0.6 is 0 Å². The SMILES string of the molecule is [B]c1cncc([C@@H]2CCCN2[C@H](C)c2ccc(OC)cc2)c1. The highest BCUT2D eigenvalue weighted by Gasteiger charge is 2.30. The molecule has 1 aliphatic rings. The second-order valence-corrected chi connectivity index (χ2v) is 5.90. The van der Waals surface area contributed by atoms with Crippen LogP contribution in [-0.4, -0.2) is 31.4 Å². The van der Waals surface area contributed by atoms with Gasteiger partial charge >= 0.3 is 0 Å². The van der Waals surface area contributed by atoms with Crippen molar-refractivity contribution in [2.24, 2.45) is 0 Å². The van der Waals surface area contributed by atoms with E-state index in [2.05, 4.69) is 35.0 Å². The molecule has 2 heterocycles. The van der Waals surface area contributed by atoms with E-state index in [1.165, 1.54) is 17.5 Å². The first-order chi connectivity index (χ1) is 10.7. The van der Waals surface area contributed by atoms with Crippen molar-refractivity contribution in [1.29, 1.82) is 0 Å². The minimum Gasteiger partial charge on any atom is -0.497 e. The summed E-state index contributed by atoms with van der Waals surface area (Å²) in [5.74, 6) is 0.897. The number of benzene rings is 1. The predicted molar refractivity (Wildman–Crippen MR) is 89.7 cm³/mol. The van der Waals surface area contributed by atoms with Crippen LogP contribution in [0.15, 0.2) is 42.7 Å². The number of rotatable bonds is 4. The average molecular weight is 292 g/mol. The molecule has 0 aliphatic carbocycles. The van der Waals surface area contributed by atoms with Crippen LogP contribution < -0.4 is 10.2 Å². The number of aromatic nitrogens is 1. The van der Waals surface area contributed by atoms with Gasteiger partial charge in [0.1, 0.15) is 13.6 Å². The van der Waals surface area contributed by atoms with Crippen molar-refractivity contribution in [3.8, 4) is 5.75 Å². The molecule has 0 saturated carbocycles. The topological polar surface area (TPSA) is 25.4 Å². The number of methoxy groups -OCH3 is 1. The second kappa shape index (κ2) is 6.53. The van der Waals surface area contributed by atoms with Crippen molar-refractivity contribution < 1.29 is 4.74 Å². The summed E-state index contributed by atoms with van der Waals surface area (Å²) in [5, 5.41) is 0. The van der Waals surface area contributed by atoms with Crippen molar-refractivity contribution in [2.75, 3.05) is 13.7 Å². The molecule has 0 spiro atoms. The Morgan fingerprint density at radius 2 is 2.05 bits per heavy atom. The summed E-state index contributed by atoms with van der Waals surface area (Å²) >= 11 is 0. The third-order valence-electron chi connectivity index (χ3n) is 4.56. The zero-order valence-corrected chi connectivity index (χ0v) is 13.2. The summed E-state index contributed by atoms with van der Waals surface area (Å²) in [6.07, 6.45) is 6.02. The molecule has 112 valence electrons. The van der Waals surface area contributed by atoms with Crippen LogP contribution in [0.4, 0.5) is 0 Å². The molecule has 2 atom stereocenters. The van der Waals surface area contributed by atoms with Gasteiger partial charge in [0.25, 0.3) is 0 Å². The van der Waals surface area contributed by atoms with Crippen LogP contribution in [-0.2, 0) is 0 Å². The Kier molecular flexibility index (Phi) is 4.48. The first kappa shape index (κ1) is 15.1. The molecule has 1 fully saturated rings. The number of nitrogens with zero attached hydrogens (tertiary/aromatic N) is 2. The first-order valence-corrected chi connectivity index (χ1v) is 7.79. The highest BCUT2D eigenvalue weighted by Crippen LogP contribution is 2.38. The van der Waals surface area contributed by atoms with E-state index in [4.69, 9.17) is 12.6 Å². The highest BCUT2D eigenvalue weighted by atomic mass is 16.5. The summed E-state index contributed by atoms with van der Waals surface area (Å²) in [6, 6.07) is 11.2. The monoisotopic (exact) mass is 292 g/mol. The highest BCUT2D eigenvalue weighted by molar-refractivity contribution is 6.32. The second-order valence-electron chi connectivity index (χ2n) is 5.90. The van der Waals surface area contributed by atoms with Gasteiger partial charge in [0, 0.05) is 24.5 Å². The smallest absolute Gasteiger partial charge is 0.118 e. The Balaban J connectivity index is 1.82. The van der Waals surface area contributed by atoms with Gasteiger partial charge in [-0.3, -0.25) is 9.88 Å². The van der Waals surface area contributed by atoms with Gasteiger partial charge in [-0.1, -0.05) is 23.7 Å². The summed E-state index contributed by atoms with van der Waals surface area (Å²) < 4.78 is 5.24. The van der Waals surface area contributed by atoms with Crippen LogP contribution in [0, 0.1) is 0 Å². The molecule has 0 amide bonds. The fourth-order valence-electron chi connectivity index (χ4n) is 3.34. The molecule has 2 aromatic rings. The molecule has 1 saturated heterocycles. The Bertz CT molecular complexity index is 629. The molecule has 22 heavy (non-hydrogen) atoms. The average Bonchev–Trinajstić information content (AvgIpc) is 3.04. The molecule has 1 aromatic heterocycles. The van der Waals surface area contributed by atoms with Crippen molar-refractivity contribution in [3.05, 3.63) is 53.9 Å². The zero-order valence-electron chi connectivity index (χ0n) is 13.2. The maximum Gasteiger partial charge on any atom is 0.118 e. The van der Waals surface area contributed by atoms with E-state index in [-0.39, 0.29) is 0 Å². The molecule has 0 N–H and O–H groups in total. The molecule has 2 radical (unpaired) electrons. The van der Waals surface area contributed by atoms with E-state index in [0.717, 1.165) is 24.2 Å². The minimum atomic E-state index is 0.361. The zero-order chi connectivity index (χ0) is 15.5. The Hall–Kier alpha value is -1.81. The molecule has 3 rings (SSSR count). The third-order valence-corrected chi connectivity index (χ3v) is 4.56. The molecule has 0 unspecified atom stereocenters. The van der Waals surface area contributed by atoms with Crippen LogP contribution in [0.1, 0.15) is 43.0 Å². The largest absolute Gasteiger partial charge is 0.497 e. The van der Waals surface area contributed by atoms with E-state index in [1.807, 2.05) is 18.3 Å². The van der Waals surface area contributed by atoms with Crippen LogP contribution in [0.5, 0.6) is 5.75 Å². The standard InChI is InChI=1S/C18H21BN2O/c1-13(14-5-7-17(22-2)8-6-14)21-9-3-4-18(21)15-10-16(19)12-20-11-15/h5-8,10-13,18H,3-4,9H2,1-2H3/t13-,18+/m1/s1. The van der Waals surface area contributed by atoms with Crippen molar-refractivity contribution >= 4 is 13.3 Å². The lowest BCUT2D eigenvalue weighted by molar-refractivity contribution is 0.194. The van der Waals surface area contributed by atoms with E-state index < -0.39 is 0 Å². The lowest BCUT2D eigenvalue weighted by Gasteiger charge is -2.31. The number of hydrogen-bond donors (Lipinski definition) is 0. The molecular formula is C18H21BN2O. The van der Waals surface area contributed by atoms with Gasteiger partial charge in [-0.05, 0) is 49.6 Å². The lowest BCUT2D eigenvalue weighted by atomic mass is 9.94. The quantitative estimate of drug-likeness (QED) is 0.810. The number of ether oxygens (including phenoxy) is 1. The molecule has 1 aromatic carbocycles. The molecule has 3 nitrogen and oxygen atoms in total. The maximum absolute atomic E-state index is 5.90. The summed E-state index contributed by atoms with van der Waals surface area (Å²) in [5.41, 5.74) is 3.27. The van der Waals surface area contributed by atoms with Gasteiger partial charge in [0.05, 0.1) is 7.11 Å². The lowest BCUT2D eigenvalue weighted by Crippen LogP contribution is -2.27. The predicted octanol–water partition coefficient (Wildman–Crippen LogP) is 2.78. The Morgan fingerprint density at radius 3 is 2.73 bits per heavy atom. The number of likely N-dealkylation sites (tertiary alicyclic amines) is 1.